The summed E-state index contributed by atoms with van der Waals surface area (Å²) in [4.78, 5) is 0. The van der Waals surface area contributed by atoms with Gasteiger partial charge in [0.2, 0.25) is 0 Å². The molecule has 3 rings (SSSR count). The monoisotopic (exact) mass is 558 g/mol. The van der Waals surface area contributed by atoms with E-state index in [-0.39, 0.29) is 0 Å². The highest BCUT2D eigenvalue weighted by Crippen LogP contribution is 2.35. The Labute approximate surface area is 250 Å². The number of benzene rings is 3. The van der Waals surface area contributed by atoms with Gasteiger partial charge in [0.1, 0.15) is 28.5 Å². The molecule has 0 atom stereocenters. The third kappa shape index (κ3) is 9.02. The molecule has 0 bridgehead atoms. The summed E-state index contributed by atoms with van der Waals surface area (Å²) in [7, 11) is 0. The Morgan fingerprint density at radius 2 is 0.927 bits per heavy atom. The number of aryl methyl sites for hydroxylation is 2. The van der Waals surface area contributed by atoms with Gasteiger partial charge in [0.15, 0.2) is 0 Å². The molecule has 224 valence electrons. The minimum absolute atomic E-state index is 0.320. The van der Waals surface area contributed by atoms with Crippen LogP contribution in [0.3, 0.4) is 0 Å². The van der Waals surface area contributed by atoms with Crippen molar-refractivity contribution < 1.29 is 14.6 Å². The number of ether oxygens (including phenoxy) is 2. The third-order valence-electron chi connectivity index (χ3n) is 7.74. The molecule has 3 nitrogen and oxygen atoms in total. The van der Waals surface area contributed by atoms with E-state index in [1.54, 1.807) is 6.07 Å². The molecular weight excluding hydrogens is 504 g/mol. The van der Waals surface area contributed by atoms with Gasteiger partial charge in [-0.3, -0.25) is 0 Å². The van der Waals surface area contributed by atoms with Crippen molar-refractivity contribution >= 4 is 0 Å². The normalized spacial score (nSPS) is 12.0. The van der Waals surface area contributed by atoms with Crippen molar-refractivity contribution in [1.82, 2.24) is 0 Å². The molecule has 0 amide bonds. The highest BCUT2D eigenvalue weighted by atomic mass is 16.5. The van der Waals surface area contributed by atoms with Crippen molar-refractivity contribution in [2.45, 2.75) is 131 Å². The fraction of sp³-hybridized carbons (Fsp3) is 0.526. The molecule has 0 heterocycles. The number of aromatic hydroxyl groups is 1. The minimum Gasteiger partial charge on any atom is -0.508 e. The largest absolute Gasteiger partial charge is 0.508 e. The zero-order chi connectivity index (χ0) is 30.0. The summed E-state index contributed by atoms with van der Waals surface area (Å²) in [6.07, 6.45) is 9.85. The Morgan fingerprint density at radius 1 is 0.512 bits per heavy atom. The summed E-state index contributed by atoms with van der Waals surface area (Å²) in [6.45, 7) is 17.5. The summed E-state index contributed by atoms with van der Waals surface area (Å²) in [6, 6.07) is 18.8. The summed E-state index contributed by atoms with van der Waals surface area (Å²) < 4.78 is 13.5. The first-order chi connectivity index (χ1) is 19.5. The average molecular weight is 559 g/mol. The Bertz CT molecular complexity index is 1250. The molecule has 0 aliphatic heterocycles. The van der Waals surface area contributed by atoms with Gasteiger partial charge in [-0.1, -0.05) is 89.8 Å². The van der Waals surface area contributed by atoms with Crippen molar-refractivity contribution in [3.05, 3.63) is 88.0 Å². The lowest BCUT2D eigenvalue weighted by Gasteiger charge is -2.32. The van der Waals surface area contributed by atoms with E-state index in [4.69, 9.17) is 9.47 Å². The minimum atomic E-state index is -0.505. The van der Waals surface area contributed by atoms with Gasteiger partial charge in [-0.25, -0.2) is 0 Å². The Hall–Kier alpha value is -2.94. The highest BCUT2D eigenvalue weighted by molar-refractivity contribution is 5.44. The lowest BCUT2D eigenvalue weighted by atomic mass is 9.88. The topological polar surface area (TPSA) is 38.7 Å². The fourth-order valence-electron chi connectivity index (χ4n) is 6.03. The average Bonchev–Trinajstić information content (AvgIpc) is 2.90. The van der Waals surface area contributed by atoms with E-state index in [9.17, 15) is 5.11 Å². The van der Waals surface area contributed by atoms with Crippen LogP contribution in [-0.2, 0) is 38.5 Å². The first-order valence-electron chi connectivity index (χ1n) is 15.9. The maximum atomic E-state index is 11.1. The molecule has 0 aliphatic rings. The van der Waals surface area contributed by atoms with Crippen LogP contribution in [0.5, 0.6) is 17.2 Å². The highest BCUT2D eigenvalue weighted by Gasteiger charge is 2.29. The number of hydrogen-bond acceptors (Lipinski definition) is 3. The molecule has 41 heavy (non-hydrogen) atoms. The van der Waals surface area contributed by atoms with E-state index < -0.39 is 11.2 Å². The van der Waals surface area contributed by atoms with Crippen molar-refractivity contribution in [3.63, 3.8) is 0 Å². The van der Waals surface area contributed by atoms with E-state index in [2.05, 4.69) is 97.9 Å². The quantitative estimate of drug-likeness (QED) is 0.190. The SMILES string of the molecule is CCCc1cccc(OC(C)(C)Cc2cccc(O)c2CC(C)(C)Oc2cccc(CCC)c2CCC)c1CCC. The van der Waals surface area contributed by atoms with E-state index in [1.165, 1.54) is 22.3 Å². The maximum Gasteiger partial charge on any atom is 0.123 e. The summed E-state index contributed by atoms with van der Waals surface area (Å²) in [5.41, 5.74) is 6.51. The van der Waals surface area contributed by atoms with Crippen LogP contribution in [-0.4, -0.2) is 16.3 Å². The third-order valence-corrected chi connectivity index (χ3v) is 7.74. The molecule has 0 saturated carbocycles. The van der Waals surface area contributed by atoms with Crippen LogP contribution in [0, 0.1) is 0 Å². The smallest absolute Gasteiger partial charge is 0.123 e. The second kappa shape index (κ2) is 14.8. The first-order valence-corrected chi connectivity index (χ1v) is 15.9. The standard InChI is InChI=1S/C38H54O3/c1-9-16-28-20-14-24-35(31(28)18-11-3)40-37(5,6)26-30-22-13-23-34(39)33(30)27-38(7,8)41-36-25-15-21-29(17-10-2)32(36)19-12-4/h13-15,20-25,39H,9-12,16-19,26-27H2,1-8H3. The number of rotatable bonds is 16. The van der Waals surface area contributed by atoms with Crippen molar-refractivity contribution in [2.24, 2.45) is 0 Å². The van der Waals surface area contributed by atoms with E-state index in [1.807, 2.05) is 6.07 Å². The first kappa shape index (κ1) is 32.6. The molecule has 0 saturated heterocycles. The van der Waals surface area contributed by atoms with Gasteiger partial charge in [-0.05, 0) is 99.4 Å². The van der Waals surface area contributed by atoms with Crippen LogP contribution < -0.4 is 9.47 Å². The van der Waals surface area contributed by atoms with Crippen molar-refractivity contribution in [1.29, 1.82) is 0 Å². The van der Waals surface area contributed by atoms with Gasteiger partial charge in [0.25, 0.3) is 0 Å². The van der Waals surface area contributed by atoms with E-state index in [0.29, 0.717) is 18.6 Å². The van der Waals surface area contributed by atoms with Gasteiger partial charge in [0, 0.05) is 18.4 Å². The van der Waals surface area contributed by atoms with Crippen LogP contribution in [0.25, 0.3) is 0 Å². The lowest BCUT2D eigenvalue weighted by Crippen LogP contribution is -2.34. The molecule has 1 N–H and O–H groups in total. The second-order valence-electron chi connectivity index (χ2n) is 12.8. The zero-order valence-corrected chi connectivity index (χ0v) is 27.0. The van der Waals surface area contributed by atoms with Gasteiger partial charge in [-0.15, -0.1) is 0 Å². The Kier molecular flexibility index (Phi) is 11.8. The molecule has 0 aliphatic carbocycles. The lowest BCUT2D eigenvalue weighted by molar-refractivity contribution is 0.101. The van der Waals surface area contributed by atoms with Crippen molar-refractivity contribution in [3.8, 4) is 17.2 Å². The van der Waals surface area contributed by atoms with Crippen LogP contribution in [0.15, 0.2) is 54.6 Å². The molecule has 0 spiro atoms. The molecule has 0 fully saturated rings. The van der Waals surface area contributed by atoms with E-state index >= 15 is 0 Å². The Balaban J connectivity index is 1.87. The van der Waals surface area contributed by atoms with Gasteiger partial charge < -0.3 is 14.6 Å². The number of phenolic OH excluding ortho intramolecular Hbond substituents is 1. The zero-order valence-electron chi connectivity index (χ0n) is 27.0. The van der Waals surface area contributed by atoms with Gasteiger partial charge in [0.05, 0.1) is 0 Å². The molecule has 0 radical (unpaired) electrons. The maximum absolute atomic E-state index is 11.1. The molecular formula is C38H54O3. The van der Waals surface area contributed by atoms with Crippen LogP contribution >= 0.6 is 0 Å². The molecule has 3 heteroatoms. The number of phenols is 1. The summed E-state index contributed by atoms with van der Waals surface area (Å²) in [5, 5.41) is 11.1. The summed E-state index contributed by atoms with van der Waals surface area (Å²) in [5.74, 6) is 2.28. The van der Waals surface area contributed by atoms with Crippen LogP contribution in [0.4, 0.5) is 0 Å². The van der Waals surface area contributed by atoms with Crippen LogP contribution in [0.1, 0.15) is 114 Å². The number of hydrogen-bond donors (Lipinski definition) is 1. The molecule has 0 aromatic heterocycles. The molecule has 3 aromatic rings. The molecule has 0 unspecified atom stereocenters. The van der Waals surface area contributed by atoms with Gasteiger partial charge in [-0.2, -0.15) is 0 Å². The second-order valence-corrected chi connectivity index (χ2v) is 12.8. The molecule has 3 aromatic carbocycles. The Morgan fingerprint density at radius 3 is 1.39 bits per heavy atom. The predicted octanol–water partition coefficient (Wildman–Crippen LogP) is 10.0. The van der Waals surface area contributed by atoms with Crippen LogP contribution in [0.2, 0.25) is 0 Å². The summed E-state index contributed by atoms with van der Waals surface area (Å²) >= 11 is 0. The van der Waals surface area contributed by atoms with E-state index in [0.717, 1.165) is 74.0 Å². The van der Waals surface area contributed by atoms with Gasteiger partial charge >= 0.3 is 0 Å². The fourth-order valence-corrected chi connectivity index (χ4v) is 6.03. The predicted molar refractivity (Wildman–Crippen MR) is 174 cm³/mol. The van der Waals surface area contributed by atoms with Crippen molar-refractivity contribution in [2.75, 3.05) is 0 Å².